The standard InChI is InChI=1S/C29H26N2O2/c1-21-12-13-25(26-10-6-18-30-20-26)19-27(21)31-29(33)24-16-14-23(15-17-24)28(32)11-5-9-22-7-3-2-4-8-22/h2-4,6-8,10,12-20H,5,9,11H2,1H3,(H,31,33). The van der Waals surface area contributed by atoms with E-state index in [1.54, 1.807) is 36.7 Å². The number of hydrogen-bond donors (Lipinski definition) is 1. The van der Waals surface area contributed by atoms with Gasteiger partial charge in [0.15, 0.2) is 5.78 Å². The fraction of sp³-hybridized carbons (Fsp3) is 0.138. The van der Waals surface area contributed by atoms with E-state index < -0.39 is 0 Å². The van der Waals surface area contributed by atoms with Crippen molar-refractivity contribution >= 4 is 17.4 Å². The van der Waals surface area contributed by atoms with Gasteiger partial charge in [-0.2, -0.15) is 0 Å². The van der Waals surface area contributed by atoms with Crippen LogP contribution in [0.3, 0.4) is 0 Å². The third kappa shape index (κ3) is 5.80. The molecule has 0 aliphatic rings. The maximum absolute atomic E-state index is 12.8. The highest BCUT2D eigenvalue weighted by atomic mass is 16.1. The van der Waals surface area contributed by atoms with Crippen LogP contribution in [0.2, 0.25) is 0 Å². The first-order valence-electron chi connectivity index (χ1n) is 11.1. The molecule has 4 rings (SSSR count). The van der Waals surface area contributed by atoms with Crippen molar-refractivity contribution in [1.82, 2.24) is 4.98 Å². The van der Waals surface area contributed by atoms with Crippen LogP contribution >= 0.6 is 0 Å². The zero-order valence-corrected chi connectivity index (χ0v) is 18.6. The van der Waals surface area contributed by atoms with E-state index >= 15 is 0 Å². The molecule has 1 heterocycles. The van der Waals surface area contributed by atoms with Gasteiger partial charge in [-0.1, -0.05) is 60.7 Å². The second-order valence-corrected chi connectivity index (χ2v) is 8.07. The molecule has 0 unspecified atom stereocenters. The van der Waals surface area contributed by atoms with Gasteiger partial charge in [0.2, 0.25) is 0 Å². The van der Waals surface area contributed by atoms with Gasteiger partial charge >= 0.3 is 0 Å². The van der Waals surface area contributed by atoms with Crippen LogP contribution in [0.1, 0.15) is 44.7 Å². The van der Waals surface area contributed by atoms with Crippen LogP contribution in [0, 0.1) is 6.92 Å². The first kappa shape index (κ1) is 22.2. The maximum Gasteiger partial charge on any atom is 0.255 e. The van der Waals surface area contributed by atoms with Crippen molar-refractivity contribution < 1.29 is 9.59 Å². The first-order chi connectivity index (χ1) is 16.1. The molecular weight excluding hydrogens is 408 g/mol. The van der Waals surface area contributed by atoms with Gasteiger partial charge in [0.1, 0.15) is 0 Å². The van der Waals surface area contributed by atoms with E-state index in [1.807, 2.05) is 55.5 Å². The van der Waals surface area contributed by atoms with Crippen LogP contribution in [0.15, 0.2) is 97.3 Å². The van der Waals surface area contributed by atoms with Crippen molar-refractivity contribution in [3.63, 3.8) is 0 Å². The van der Waals surface area contributed by atoms with Gasteiger partial charge in [-0.15, -0.1) is 0 Å². The molecular formula is C29H26N2O2. The number of rotatable bonds is 8. The second kappa shape index (κ2) is 10.5. The van der Waals surface area contributed by atoms with Crippen LogP contribution in [-0.4, -0.2) is 16.7 Å². The normalized spacial score (nSPS) is 10.6. The van der Waals surface area contributed by atoms with Gasteiger partial charge in [-0.3, -0.25) is 14.6 Å². The zero-order chi connectivity index (χ0) is 23.0. The summed E-state index contributed by atoms with van der Waals surface area (Å²) in [6.45, 7) is 1.96. The fourth-order valence-electron chi connectivity index (χ4n) is 3.71. The molecule has 0 spiro atoms. The van der Waals surface area contributed by atoms with E-state index in [1.165, 1.54) is 5.56 Å². The lowest BCUT2D eigenvalue weighted by Crippen LogP contribution is -2.13. The first-order valence-corrected chi connectivity index (χ1v) is 11.1. The molecule has 1 amide bonds. The van der Waals surface area contributed by atoms with Crippen LogP contribution in [0.5, 0.6) is 0 Å². The molecule has 0 fully saturated rings. The molecule has 4 aromatic rings. The van der Waals surface area contributed by atoms with Crippen molar-refractivity contribution in [2.24, 2.45) is 0 Å². The Morgan fingerprint density at radius 3 is 2.30 bits per heavy atom. The average molecular weight is 435 g/mol. The Labute approximate surface area is 194 Å². The predicted octanol–water partition coefficient (Wildman–Crippen LogP) is 6.51. The number of ketones is 1. The SMILES string of the molecule is Cc1ccc(-c2cccnc2)cc1NC(=O)c1ccc(C(=O)CCCc2ccccc2)cc1. The monoisotopic (exact) mass is 434 g/mol. The molecule has 1 N–H and O–H groups in total. The molecule has 0 aliphatic carbocycles. The van der Waals surface area contributed by atoms with E-state index in [9.17, 15) is 9.59 Å². The third-order valence-corrected chi connectivity index (χ3v) is 5.66. The molecule has 4 nitrogen and oxygen atoms in total. The van der Waals surface area contributed by atoms with Gasteiger partial charge < -0.3 is 5.32 Å². The number of Topliss-reactive ketones (excluding diaryl/α,β-unsaturated/α-hetero) is 1. The Hall–Kier alpha value is -4.05. The van der Waals surface area contributed by atoms with Gasteiger partial charge in [-0.05, 0) is 60.7 Å². The number of carbonyl (C=O) groups excluding carboxylic acids is 2. The van der Waals surface area contributed by atoms with E-state index in [0.29, 0.717) is 17.5 Å². The average Bonchev–Trinajstić information content (AvgIpc) is 2.86. The quantitative estimate of drug-likeness (QED) is 0.321. The number of aromatic nitrogens is 1. The molecule has 0 aliphatic heterocycles. The minimum atomic E-state index is -0.204. The Kier molecular flexibility index (Phi) is 7.06. The van der Waals surface area contributed by atoms with Crippen LogP contribution in [0.4, 0.5) is 5.69 Å². The van der Waals surface area contributed by atoms with Gasteiger partial charge in [0.05, 0.1) is 0 Å². The molecule has 0 saturated heterocycles. The zero-order valence-electron chi connectivity index (χ0n) is 18.6. The van der Waals surface area contributed by atoms with Crippen LogP contribution < -0.4 is 5.32 Å². The number of nitrogens with zero attached hydrogens (tertiary/aromatic N) is 1. The predicted molar refractivity (Wildman–Crippen MR) is 133 cm³/mol. The van der Waals surface area contributed by atoms with E-state index in [4.69, 9.17) is 0 Å². The summed E-state index contributed by atoms with van der Waals surface area (Å²) in [6.07, 6.45) is 5.70. The molecule has 0 saturated carbocycles. The number of aryl methyl sites for hydroxylation is 2. The largest absolute Gasteiger partial charge is 0.322 e. The number of amides is 1. The van der Waals surface area contributed by atoms with E-state index in [2.05, 4.69) is 22.4 Å². The van der Waals surface area contributed by atoms with E-state index in [0.717, 1.165) is 35.2 Å². The summed E-state index contributed by atoms with van der Waals surface area (Å²) in [4.78, 5) is 29.5. The van der Waals surface area contributed by atoms with E-state index in [-0.39, 0.29) is 11.7 Å². The lowest BCUT2D eigenvalue weighted by molar-refractivity contribution is 0.0977. The molecule has 1 aromatic heterocycles. The number of nitrogens with one attached hydrogen (secondary N) is 1. The molecule has 4 heteroatoms. The van der Waals surface area contributed by atoms with Gasteiger partial charge in [0, 0.05) is 41.2 Å². The number of pyridine rings is 1. The summed E-state index contributed by atoms with van der Waals surface area (Å²) in [5.74, 6) is -0.109. The molecule has 33 heavy (non-hydrogen) atoms. The van der Waals surface area contributed by atoms with Crippen molar-refractivity contribution in [2.75, 3.05) is 5.32 Å². The summed E-state index contributed by atoms with van der Waals surface area (Å²) in [7, 11) is 0. The van der Waals surface area contributed by atoms with Crippen LogP contribution in [-0.2, 0) is 6.42 Å². The minimum Gasteiger partial charge on any atom is -0.322 e. The Morgan fingerprint density at radius 2 is 1.58 bits per heavy atom. The number of carbonyl (C=O) groups is 2. The topological polar surface area (TPSA) is 59.1 Å². The third-order valence-electron chi connectivity index (χ3n) is 5.66. The minimum absolute atomic E-state index is 0.0953. The fourth-order valence-corrected chi connectivity index (χ4v) is 3.71. The van der Waals surface area contributed by atoms with Gasteiger partial charge in [-0.25, -0.2) is 0 Å². The highest BCUT2D eigenvalue weighted by Gasteiger charge is 2.11. The van der Waals surface area contributed by atoms with Crippen LogP contribution in [0.25, 0.3) is 11.1 Å². The second-order valence-electron chi connectivity index (χ2n) is 8.07. The molecule has 0 bridgehead atoms. The highest BCUT2D eigenvalue weighted by Crippen LogP contribution is 2.25. The van der Waals surface area contributed by atoms with Crippen molar-refractivity contribution in [3.8, 4) is 11.1 Å². The summed E-state index contributed by atoms with van der Waals surface area (Å²) in [5.41, 5.74) is 6.09. The number of benzene rings is 3. The molecule has 164 valence electrons. The molecule has 3 aromatic carbocycles. The van der Waals surface area contributed by atoms with Gasteiger partial charge in [0.25, 0.3) is 5.91 Å². The number of anilines is 1. The molecule has 0 radical (unpaired) electrons. The van der Waals surface area contributed by atoms with Crippen molar-refractivity contribution in [1.29, 1.82) is 0 Å². The Balaban J connectivity index is 1.38. The lowest BCUT2D eigenvalue weighted by Gasteiger charge is -2.11. The van der Waals surface area contributed by atoms with Crippen molar-refractivity contribution in [3.05, 3.63) is 120 Å². The molecule has 0 atom stereocenters. The lowest BCUT2D eigenvalue weighted by atomic mass is 10.0. The summed E-state index contributed by atoms with van der Waals surface area (Å²) in [5, 5.41) is 2.99. The smallest absolute Gasteiger partial charge is 0.255 e. The Morgan fingerprint density at radius 1 is 0.818 bits per heavy atom. The Bertz CT molecular complexity index is 1230. The summed E-state index contributed by atoms with van der Waals surface area (Å²) in [6, 6.07) is 26.9. The maximum atomic E-state index is 12.8. The summed E-state index contributed by atoms with van der Waals surface area (Å²) < 4.78 is 0. The summed E-state index contributed by atoms with van der Waals surface area (Å²) >= 11 is 0. The van der Waals surface area contributed by atoms with Crippen molar-refractivity contribution in [2.45, 2.75) is 26.2 Å². The number of hydrogen-bond acceptors (Lipinski definition) is 3. The highest BCUT2D eigenvalue weighted by molar-refractivity contribution is 6.05.